The van der Waals surface area contributed by atoms with Crippen LogP contribution in [0.1, 0.15) is 38.2 Å². The van der Waals surface area contributed by atoms with Crippen LogP contribution in [-0.2, 0) is 4.79 Å². The number of likely N-dealkylation sites (tertiary alicyclic amines) is 1. The van der Waals surface area contributed by atoms with Gasteiger partial charge in [0.1, 0.15) is 11.3 Å². The Balaban J connectivity index is 1.81. The molecule has 4 heteroatoms. The number of aryl methyl sites for hydroxylation is 1. The van der Waals surface area contributed by atoms with Crippen molar-refractivity contribution < 1.29 is 14.6 Å². The van der Waals surface area contributed by atoms with Gasteiger partial charge in [-0.3, -0.25) is 9.69 Å². The third-order valence-corrected chi connectivity index (χ3v) is 4.44. The summed E-state index contributed by atoms with van der Waals surface area (Å²) in [5.74, 6) is 0.207. The average Bonchev–Trinajstić information content (AvgIpc) is 2.88. The van der Waals surface area contributed by atoms with Gasteiger partial charge in [0.25, 0.3) is 0 Å². The van der Waals surface area contributed by atoms with Gasteiger partial charge in [0, 0.05) is 6.54 Å². The molecule has 0 amide bonds. The van der Waals surface area contributed by atoms with Gasteiger partial charge < -0.3 is 9.84 Å². The van der Waals surface area contributed by atoms with Crippen molar-refractivity contribution in [2.45, 2.75) is 45.1 Å². The Labute approximate surface area is 126 Å². The molecular formula is C17H25NO3. The van der Waals surface area contributed by atoms with Gasteiger partial charge in [0.05, 0.1) is 6.61 Å². The first-order valence-corrected chi connectivity index (χ1v) is 7.76. The van der Waals surface area contributed by atoms with Crippen molar-refractivity contribution in [1.82, 2.24) is 4.90 Å². The average molecular weight is 291 g/mol. The second-order valence-corrected chi connectivity index (χ2v) is 5.80. The first-order valence-electron chi connectivity index (χ1n) is 7.76. The molecule has 0 radical (unpaired) electrons. The minimum absolute atomic E-state index is 0.624. The fraction of sp³-hybridized carbons (Fsp3) is 0.588. The highest BCUT2D eigenvalue weighted by atomic mass is 16.5. The lowest BCUT2D eigenvalue weighted by Gasteiger charge is -2.33. The van der Waals surface area contributed by atoms with E-state index in [-0.39, 0.29) is 0 Å². The summed E-state index contributed by atoms with van der Waals surface area (Å²) in [5, 5.41) is 9.53. The van der Waals surface area contributed by atoms with Crippen LogP contribution in [0.25, 0.3) is 0 Å². The smallest absolute Gasteiger partial charge is 0.324 e. The Bertz CT molecular complexity index is 489. The summed E-state index contributed by atoms with van der Waals surface area (Å²) in [6.45, 7) is 6.30. The van der Waals surface area contributed by atoms with E-state index >= 15 is 0 Å². The van der Waals surface area contributed by atoms with E-state index in [2.05, 4.69) is 4.90 Å². The maximum atomic E-state index is 11.6. The molecule has 1 heterocycles. The quantitative estimate of drug-likeness (QED) is 0.784. The van der Waals surface area contributed by atoms with Crippen molar-refractivity contribution in [2.24, 2.45) is 0 Å². The molecule has 1 N–H and O–H groups in total. The number of carbonyl (C=O) groups is 1. The number of rotatable bonds is 7. The van der Waals surface area contributed by atoms with Gasteiger partial charge in [-0.1, -0.05) is 19.1 Å². The third-order valence-electron chi connectivity index (χ3n) is 4.44. The van der Waals surface area contributed by atoms with E-state index in [9.17, 15) is 9.90 Å². The maximum absolute atomic E-state index is 11.6. The second-order valence-electron chi connectivity index (χ2n) is 5.80. The molecule has 0 saturated carbocycles. The van der Waals surface area contributed by atoms with Gasteiger partial charge >= 0.3 is 5.97 Å². The molecule has 2 rings (SSSR count). The third kappa shape index (κ3) is 3.56. The standard InChI is InChI=1S/C17H25NO3/c1-3-17(16(19)20)9-5-10-18(17)11-6-12-21-15-8-4-7-14(2)13-15/h4,7-8,13H,3,5-6,9-12H2,1-2H3,(H,19,20). The van der Waals surface area contributed by atoms with Crippen LogP contribution < -0.4 is 4.74 Å². The molecule has 0 spiro atoms. The van der Waals surface area contributed by atoms with Crippen LogP contribution in [0.2, 0.25) is 0 Å². The van der Waals surface area contributed by atoms with Gasteiger partial charge in [-0.05, 0) is 56.8 Å². The van der Waals surface area contributed by atoms with Gasteiger partial charge in [-0.15, -0.1) is 0 Å². The molecule has 1 atom stereocenters. The predicted octanol–water partition coefficient (Wildman–Crippen LogP) is 3.09. The lowest BCUT2D eigenvalue weighted by atomic mass is 9.93. The molecule has 21 heavy (non-hydrogen) atoms. The van der Waals surface area contributed by atoms with E-state index in [1.54, 1.807) is 0 Å². The topological polar surface area (TPSA) is 49.8 Å². The Morgan fingerprint density at radius 3 is 2.95 bits per heavy atom. The molecular weight excluding hydrogens is 266 g/mol. The zero-order chi connectivity index (χ0) is 15.3. The molecule has 1 aromatic carbocycles. The molecule has 1 saturated heterocycles. The Morgan fingerprint density at radius 1 is 1.48 bits per heavy atom. The summed E-state index contributed by atoms with van der Waals surface area (Å²) in [6, 6.07) is 8.00. The van der Waals surface area contributed by atoms with E-state index < -0.39 is 11.5 Å². The van der Waals surface area contributed by atoms with Crippen molar-refractivity contribution in [3.8, 4) is 5.75 Å². The summed E-state index contributed by atoms with van der Waals surface area (Å²) in [5.41, 5.74) is 0.534. The summed E-state index contributed by atoms with van der Waals surface area (Å²) in [6.07, 6.45) is 3.25. The first kappa shape index (κ1) is 15.8. The van der Waals surface area contributed by atoms with Gasteiger partial charge in [0.15, 0.2) is 0 Å². The van der Waals surface area contributed by atoms with Crippen molar-refractivity contribution >= 4 is 5.97 Å². The van der Waals surface area contributed by atoms with Crippen LogP contribution in [0.15, 0.2) is 24.3 Å². The van der Waals surface area contributed by atoms with E-state index in [1.165, 1.54) is 5.56 Å². The molecule has 116 valence electrons. The number of hydrogen-bond donors (Lipinski definition) is 1. The van der Waals surface area contributed by atoms with Crippen molar-refractivity contribution in [3.05, 3.63) is 29.8 Å². The van der Waals surface area contributed by atoms with Gasteiger partial charge in [0.2, 0.25) is 0 Å². The monoisotopic (exact) mass is 291 g/mol. The zero-order valence-corrected chi connectivity index (χ0v) is 13.0. The largest absolute Gasteiger partial charge is 0.494 e. The minimum Gasteiger partial charge on any atom is -0.494 e. The van der Waals surface area contributed by atoms with Crippen molar-refractivity contribution in [3.63, 3.8) is 0 Å². The molecule has 4 nitrogen and oxygen atoms in total. The Morgan fingerprint density at radius 2 is 2.29 bits per heavy atom. The summed E-state index contributed by atoms with van der Waals surface area (Å²) >= 11 is 0. The number of hydrogen-bond acceptors (Lipinski definition) is 3. The predicted molar refractivity (Wildman–Crippen MR) is 82.8 cm³/mol. The van der Waals surface area contributed by atoms with Crippen LogP contribution in [0.3, 0.4) is 0 Å². The minimum atomic E-state index is -0.679. The van der Waals surface area contributed by atoms with Gasteiger partial charge in [-0.2, -0.15) is 0 Å². The molecule has 1 unspecified atom stereocenters. The van der Waals surface area contributed by atoms with Crippen molar-refractivity contribution in [1.29, 1.82) is 0 Å². The summed E-state index contributed by atoms with van der Waals surface area (Å²) in [4.78, 5) is 13.7. The number of benzene rings is 1. The molecule has 1 fully saturated rings. The van der Waals surface area contributed by atoms with E-state index in [1.807, 2.05) is 38.1 Å². The fourth-order valence-electron chi connectivity index (χ4n) is 3.20. The molecule has 1 aromatic rings. The molecule has 1 aliphatic heterocycles. The number of nitrogens with zero attached hydrogens (tertiary/aromatic N) is 1. The van der Waals surface area contributed by atoms with E-state index in [0.717, 1.165) is 38.1 Å². The molecule has 1 aliphatic rings. The van der Waals surface area contributed by atoms with Crippen LogP contribution >= 0.6 is 0 Å². The zero-order valence-electron chi connectivity index (χ0n) is 13.0. The highest BCUT2D eigenvalue weighted by Gasteiger charge is 2.45. The Kier molecular flexibility index (Phi) is 5.23. The first-order chi connectivity index (χ1) is 10.1. The van der Waals surface area contributed by atoms with Crippen LogP contribution in [-0.4, -0.2) is 41.2 Å². The number of aliphatic carboxylic acids is 1. The SMILES string of the molecule is CCC1(C(=O)O)CCCN1CCCOc1cccc(C)c1. The highest BCUT2D eigenvalue weighted by Crippen LogP contribution is 2.32. The van der Waals surface area contributed by atoms with Crippen LogP contribution in [0.5, 0.6) is 5.75 Å². The summed E-state index contributed by atoms with van der Waals surface area (Å²) in [7, 11) is 0. The van der Waals surface area contributed by atoms with Crippen molar-refractivity contribution in [2.75, 3.05) is 19.7 Å². The molecule has 0 aliphatic carbocycles. The number of carboxylic acids is 1. The molecule has 0 aromatic heterocycles. The molecule has 0 bridgehead atoms. The van der Waals surface area contributed by atoms with Crippen LogP contribution in [0, 0.1) is 6.92 Å². The fourth-order valence-corrected chi connectivity index (χ4v) is 3.20. The van der Waals surface area contributed by atoms with Gasteiger partial charge in [-0.25, -0.2) is 0 Å². The second kappa shape index (κ2) is 6.94. The maximum Gasteiger partial charge on any atom is 0.324 e. The lowest BCUT2D eigenvalue weighted by molar-refractivity contribution is -0.150. The number of carboxylic acid groups (broad SMARTS) is 1. The summed E-state index contributed by atoms with van der Waals surface area (Å²) < 4.78 is 5.73. The number of ether oxygens (including phenoxy) is 1. The highest BCUT2D eigenvalue weighted by molar-refractivity contribution is 5.79. The van der Waals surface area contributed by atoms with E-state index in [0.29, 0.717) is 13.0 Å². The normalized spacial score (nSPS) is 22.4. The Hall–Kier alpha value is -1.55. The van der Waals surface area contributed by atoms with Crippen LogP contribution in [0.4, 0.5) is 0 Å². The lowest BCUT2D eigenvalue weighted by Crippen LogP contribution is -2.50. The van der Waals surface area contributed by atoms with E-state index in [4.69, 9.17) is 4.74 Å².